The van der Waals surface area contributed by atoms with E-state index in [1.54, 1.807) is 43.8 Å². The maximum absolute atomic E-state index is 12.8. The monoisotopic (exact) mass is 397 g/mol. The Labute approximate surface area is 167 Å². The number of carbonyl (C=O) groups is 1. The molecule has 3 heterocycles. The Hall–Kier alpha value is -3.46. The van der Waals surface area contributed by atoms with Crippen LogP contribution < -0.4 is 15.6 Å². The number of methoxy groups -OCH3 is 1. The van der Waals surface area contributed by atoms with E-state index < -0.39 is 0 Å². The molecule has 3 aromatic heterocycles. The van der Waals surface area contributed by atoms with Gasteiger partial charge in [0.05, 0.1) is 17.7 Å². The minimum Gasteiger partial charge on any atom is -0.478 e. The third-order valence-corrected chi connectivity index (χ3v) is 4.16. The van der Waals surface area contributed by atoms with Gasteiger partial charge in [-0.25, -0.2) is 14.6 Å². The fourth-order valence-corrected chi connectivity index (χ4v) is 2.72. The molecular formula is C20H23N5O4. The standard InChI is InChI=1S/C20H23N5O4/c1-3-29-18-11-14(7-9-21-18)16-13-24-25(20(16)27)17-6-5-15(12-23-17)19(26)22-8-4-10-28-2/h5-7,9,11-13,24H,3-4,8,10H2,1-2H3,(H,22,26). The molecule has 9 nitrogen and oxygen atoms in total. The molecule has 152 valence electrons. The van der Waals surface area contributed by atoms with E-state index in [4.69, 9.17) is 9.47 Å². The number of carbonyl (C=O) groups excluding carboxylic acids is 1. The predicted molar refractivity (Wildman–Crippen MR) is 107 cm³/mol. The van der Waals surface area contributed by atoms with E-state index in [0.717, 1.165) is 6.42 Å². The molecule has 2 N–H and O–H groups in total. The number of ether oxygens (including phenoxy) is 2. The molecule has 3 rings (SSSR count). The topological polar surface area (TPSA) is 111 Å². The average Bonchev–Trinajstić information content (AvgIpc) is 3.13. The molecule has 0 aliphatic heterocycles. The highest BCUT2D eigenvalue weighted by Crippen LogP contribution is 2.19. The summed E-state index contributed by atoms with van der Waals surface area (Å²) >= 11 is 0. The molecule has 0 aliphatic carbocycles. The Morgan fingerprint density at radius 3 is 2.86 bits per heavy atom. The van der Waals surface area contributed by atoms with Crippen molar-refractivity contribution in [1.29, 1.82) is 0 Å². The van der Waals surface area contributed by atoms with Crippen LogP contribution in [0.1, 0.15) is 23.7 Å². The fourth-order valence-electron chi connectivity index (χ4n) is 2.72. The first-order valence-corrected chi connectivity index (χ1v) is 9.27. The second-order valence-corrected chi connectivity index (χ2v) is 6.15. The highest BCUT2D eigenvalue weighted by Gasteiger charge is 2.13. The molecule has 29 heavy (non-hydrogen) atoms. The Morgan fingerprint density at radius 2 is 2.14 bits per heavy atom. The van der Waals surface area contributed by atoms with Gasteiger partial charge in [0, 0.05) is 44.9 Å². The lowest BCUT2D eigenvalue weighted by molar-refractivity contribution is 0.0948. The van der Waals surface area contributed by atoms with Crippen molar-refractivity contribution in [2.24, 2.45) is 0 Å². The van der Waals surface area contributed by atoms with Crippen molar-refractivity contribution in [2.45, 2.75) is 13.3 Å². The third kappa shape index (κ3) is 4.88. The molecular weight excluding hydrogens is 374 g/mol. The molecule has 1 amide bonds. The van der Waals surface area contributed by atoms with Crippen molar-refractivity contribution in [1.82, 2.24) is 25.1 Å². The van der Waals surface area contributed by atoms with Gasteiger partial charge in [-0.2, -0.15) is 0 Å². The van der Waals surface area contributed by atoms with Gasteiger partial charge in [-0.05, 0) is 37.1 Å². The number of aromatic nitrogens is 4. The Morgan fingerprint density at radius 1 is 1.28 bits per heavy atom. The van der Waals surface area contributed by atoms with Crippen LogP contribution in [0.25, 0.3) is 16.9 Å². The molecule has 0 spiro atoms. The van der Waals surface area contributed by atoms with Crippen molar-refractivity contribution in [3.8, 4) is 22.8 Å². The van der Waals surface area contributed by atoms with Crippen LogP contribution in [0, 0.1) is 0 Å². The lowest BCUT2D eigenvalue weighted by Crippen LogP contribution is -2.25. The lowest BCUT2D eigenvalue weighted by atomic mass is 10.1. The number of H-pyrrole nitrogens is 1. The first-order chi connectivity index (χ1) is 14.1. The van der Waals surface area contributed by atoms with Crippen molar-refractivity contribution in [2.75, 3.05) is 26.9 Å². The van der Waals surface area contributed by atoms with Gasteiger partial charge in [0.1, 0.15) is 0 Å². The highest BCUT2D eigenvalue weighted by molar-refractivity contribution is 5.93. The van der Waals surface area contributed by atoms with Gasteiger partial charge < -0.3 is 14.8 Å². The summed E-state index contributed by atoms with van der Waals surface area (Å²) in [5.41, 5.74) is 1.31. The molecule has 0 aliphatic rings. The van der Waals surface area contributed by atoms with Crippen LogP contribution in [-0.4, -0.2) is 52.5 Å². The zero-order valence-corrected chi connectivity index (χ0v) is 16.3. The summed E-state index contributed by atoms with van der Waals surface area (Å²) in [6, 6.07) is 6.69. The van der Waals surface area contributed by atoms with Gasteiger partial charge in [-0.15, -0.1) is 0 Å². The Bertz CT molecular complexity index is 1010. The highest BCUT2D eigenvalue weighted by atomic mass is 16.5. The average molecular weight is 397 g/mol. The minimum absolute atomic E-state index is 0.222. The summed E-state index contributed by atoms with van der Waals surface area (Å²) in [5, 5.41) is 5.70. The predicted octanol–water partition coefficient (Wildman–Crippen LogP) is 1.79. The third-order valence-electron chi connectivity index (χ3n) is 4.16. The van der Waals surface area contributed by atoms with Gasteiger partial charge in [0.15, 0.2) is 5.82 Å². The normalized spacial score (nSPS) is 10.7. The quantitative estimate of drug-likeness (QED) is 0.533. The summed E-state index contributed by atoms with van der Waals surface area (Å²) in [5.74, 6) is 0.618. The van der Waals surface area contributed by atoms with E-state index in [9.17, 15) is 9.59 Å². The molecule has 0 radical (unpaired) electrons. The van der Waals surface area contributed by atoms with Crippen molar-refractivity contribution >= 4 is 5.91 Å². The van der Waals surface area contributed by atoms with Gasteiger partial charge in [0.25, 0.3) is 11.5 Å². The molecule has 0 bridgehead atoms. The van der Waals surface area contributed by atoms with Gasteiger partial charge in [-0.3, -0.25) is 14.7 Å². The van der Waals surface area contributed by atoms with Gasteiger partial charge >= 0.3 is 0 Å². The number of amides is 1. The summed E-state index contributed by atoms with van der Waals surface area (Å²) in [4.78, 5) is 33.3. The van der Waals surface area contributed by atoms with Crippen LogP contribution in [-0.2, 0) is 4.74 Å². The van der Waals surface area contributed by atoms with E-state index in [1.807, 2.05) is 6.92 Å². The van der Waals surface area contributed by atoms with E-state index in [2.05, 4.69) is 20.4 Å². The lowest BCUT2D eigenvalue weighted by Gasteiger charge is -2.06. The smallest absolute Gasteiger partial charge is 0.280 e. The van der Waals surface area contributed by atoms with Crippen molar-refractivity contribution in [3.05, 3.63) is 58.8 Å². The Kier molecular flexibility index (Phi) is 6.75. The molecule has 9 heteroatoms. The zero-order chi connectivity index (χ0) is 20.6. The summed E-state index contributed by atoms with van der Waals surface area (Å²) in [6.07, 6.45) is 5.36. The summed E-state index contributed by atoms with van der Waals surface area (Å²) in [7, 11) is 1.62. The number of hydrogen-bond donors (Lipinski definition) is 2. The maximum atomic E-state index is 12.8. The molecule has 0 atom stereocenters. The first kappa shape index (κ1) is 20.3. The fraction of sp³-hybridized carbons (Fsp3) is 0.300. The molecule has 3 aromatic rings. The van der Waals surface area contributed by atoms with E-state index >= 15 is 0 Å². The molecule has 0 aromatic carbocycles. The zero-order valence-electron chi connectivity index (χ0n) is 16.3. The largest absolute Gasteiger partial charge is 0.478 e. The second kappa shape index (κ2) is 9.65. The van der Waals surface area contributed by atoms with Crippen LogP contribution in [0.15, 0.2) is 47.7 Å². The van der Waals surface area contributed by atoms with E-state index in [0.29, 0.717) is 48.1 Å². The number of nitrogens with zero attached hydrogens (tertiary/aromatic N) is 3. The number of rotatable bonds is 9. The second-order valence-electron chi connectivity index (χ2n) is 6.15. The van der Waals surface area contributed by atoms with Gasteiger partial charge in [-0.1, -0.05) is 0 Å². The molecule has 0 saturated heterocycles. The van der Waals surface area contributed by atoms with E-state index in [-0.39, 0.29) is 11.5 Å². The maximum Gasteiger partial charge on any atom is 0.280 e. The Balaban J connectivity index is 1.76. The van der Waals surface area contributed by atoms with Crippen LogP contribution in [0.2, 0.25) is 0 Å². The van der Waals surface area contributed by atoms with Crippen LogP contribution in [0.3, 0.4) is 0 Å². The van der Waals surface area contributed by atoms with Crippen LogP contribution in [0.5, 0.6) is 5.88 Å². The summed E-state index contributed by atoms with van der Waals surface area (Å²) in [6.45, 7) is 3.46. The number of pyridine rings is 2. The van der Waals surface area contributed by atoms with E-state index in [1.165, 1.54) is 10.9 Å². The molecule has 0 saturated carbocycles. The van der Waals surface area contributed by atoms with Crippen LogP contribution in [0.4, 0.5) is 0 Å². The van der Waals surface area contributed by atoms with Crippen molar-refractivity contribution in [3.63, 3.8) is 0 Å². The number of hydrogen-bond acceptors (Lipinski definition) is 6. The SMILES string of the molecule is CCOc1cc(-c2c[nH]n(-c3ccc(C(=O)NCCCOC)cn3)c2=O)ccn1. The molecule has 0 fully saturated rings. The minimum atomic E-state index is -0.261. The number of aromatic amines is 1. The number of nitrogens with one attached hydrogen (secondary N) is 2. The summed E-state index contributed by atoms with van der Waals surface area (Å²) < 4.78 is 11.7. The molecule has 0 unspecified atom stereocenters. The van der Waals surface area contributed by atoms with Gasteiger partial charge in [0.2, 0.25) is 5.88 Å². The van der Waals surface area contributed by atoms with Crippen molar-refractivity contribution < 1.29 is 14.3 Å². The van der Waals surface area contributed by atoms with Crippen LogP contribution >= 0.6 is 0 Å². The first-order valence-electron chi connectivity index (χ1n) is 9.27.